The Kier molecular flexibility index (Phi) is 7.29. The van der Waals surface area contributed by atoms with Crippen LogP contribution in [0, 0.1) is 5.82 Å². The molecule has 0 amide bonds. The molecule has 0 saturated heterocycles. The van der Waals surface area contributed by atoms with Crippen LogP contribution in [0.2, 0.25) is 0 Å². The maximum atomic E-state index is 13.3. The summed E-state index contributed by atoms with van der Waals surface area (Å²) in [5, 5.41) is 13.7. The molecule has 1 atom stereocenters. The van der Waals surface area contributed by atoms with Crippen molar-refractivity contribution >= 4 is 0 Å². The molecule has 5 heteroatoms. The molecule has 1 unspecified atom stereocenters. The molecule has 2 N–H and O–H groups in total. The fraction of sp³-hybridized carbons (Fsp3) is 0.478. The summed E-state index contributed by atoms with van der Waals surface area (Å²) in [5.74, 6) is 1.27. The standard InChI is InChI=1S/C23H30FNO3/c1-27-21-9-11-22(12-10-21)28-16-20(26)15-25-17-23(13-3-2-4-14-23)18-5-7-19(24)8-6-18/h5-12,20,25-26H,2-4,13-17H2,1H3. The van der Waals surface area contributed by atoms with Crippen LogP contribution in [0.4, 0.5) is 4.39 Å². The van der Waals surface area contributed by atoms with Crippen molar-refractivity contribution in [2.75, 3.05) is 26.8 Å². The molecule has 2 aromatic carbocycles. The van der Waals surface area contributed by atoms with Gasteiger partial charge in [-0.25, -0.2) is 4.39 Å². The van der Waals surface area contributed by atoms with E-state index in [0.717, 1.165) is 25.1 Å². The summed E-state index contributed by atoms with van der Waals surface area (Å²) < 4.78 is 24.1. The Morgan fingerprint density at radius 3 is 2.29 bits per heavy atom. The number of rotatable bonds is 9. The molecular weight excluding hydrogens is 357 g/mol. The van der Waals surface area contributed by atoms with Crippen LogP contribution in [-0.4, -0.2) is 38.0 Å². The molecule has 28 heavy (non-hydrogen) atoms. The molecule has 0 radical (unpaired) electrons. The van der Waals surface area contributed by atoms with E-state index in [-0.39, 0.29) is 17.8 Å². The summed E-state index contributed by atoms with van der Waals surface area (Å²) in [6, 6.07) is 14.2. The molecule has 1 saturated carbocycles. The molecular formula is C23H30FNO3. The van der Waals surface area contributed by atoms with Crippen molar-refractivity contribution in [2.24, 2.45) is 0 Å². The summed E-state index contributed by atoms with van der Waals surface area (Å²) in [6.07, 6.45) is 5.19. The number of hydrogen-bond donors (Lipinski definition) is 2. The van der Waals surface area contributed by atoms with Crippen molar-refractivity contribution in [2.45, 2.75) is 43.6 Å². The van der Waals surface area contributed by atoms with Gasteiger partial charge in [-0.1, -0.05) is 31.4 Å². The van der Waals surface area contributed by atoms with Gasteiger partial charge in [0.05, 0.1) is 7.11 Å². The van der Waals surface area contributed by atoms with Gasteiger partial charge in [0.1, 0.15) is 30.0 Å². The van der Waals surface area contributed by atoms with Gasteiger partial charge in [-0.3, -0.25) is 0 Å². The quantitative estimate of drug-likeness (QED) is 0.681. The van der Waals surface area contributed by atoms with E-state index in [4.69, 9.17) is 9.47 Å². The zero-order chi connectivity index (χ0) is 19.8. The fourth-order valence-electron chi connectivity index (χ4n) is 4.00. The summed E-state index contributed by atoms with van der Waals surface area (Å²) in [6.45, 7) is 1.46. The van der Waals surface area contributed by atoms with E-state index in [9.17, 15) is 9.50 Å². The predicted molar refractivity (Wildman–Crippen MR) is 109 cm³/mol. The highest BCUT2D eigenvalue weighted by Crippen LogP contribution is 2.39. The average Bonchev–Trinajstić information content (AvgIpc) is 2.74. The third-order valence-corrected chi connectivity index (χ3v) is 5.61. The number of halogens is 1. The van der Waals surface area contributed by atoms with Crippen LogP contribution in [0.25, 0.3) is 0 Å². The minimum Gasteiger partial charge on any atom is -0.497 e. The summed E-state index contributed by atoms with van der Waals surface area (Å²) in [4.78, 5) is 0. The second-order valence-electron chi connectivity index (χ2n) is 7.62. The lowest BCUT2D eigenvalue weighted by Gasteiger charge is -2.38. The van der Waals surface area contributed by atoms with E-state index >= 15 is 0 Å². The first kappa shape index (κ1) is 20.6. The molecule has 3 rings (SSSR count). The smallest absolute Gasteiger partial charge is 0.123 e. The molecule has 152 valence electrons. The Labute approximate surface area is 166 Å². The molecule has 0 aliphatic heterocycles. The van der Waals surface area contributed by atoms with E-state index in [1.807, 2.05) is 36.4 Å². The van der Waals surface area contributed by atoms with Crippen LogP contribution in [-0.2, 0) is 5.41 Å². The Hall–Kier alpha value is -2.11. The molecule has 1 aliphatic rings. The third kappa shape index (κ3) is 5.46. The van der Waals surface area contributed by atoms with Crippen LogP contribution in [0.1, 0.15) is 37.7 Å². The van der Waals surface area contributed by atoms with Crippen molar-refractivity contribution in [3.8, 4) is 11.5 Å². The van der Waals surface area contributed by atoms with Gasteiger partial charge >= 0.3 is 0 Å². The van der Waals surface area contributed by atoms with Gasteiger partial charge in [0.25, 0.3) is 0 Å². The first-order valence-corrected chi connectivity index (χ1v) is 10.0. The molecule has 0 heterocycles. The Morgan fingerprint density at radius 2 is 1.64 bits per heavy atom. The predicted octanol–water partition coefficient (Wildman–Crippen LogP) is 4.07. The van der Waals surface area contributed by atoms with E-state index in [1.165, 1.54) is 24.8 Å². The van der Waals surface area contributed by atoms with Gasteiger partial charge in [0.2, 0.25) is 0 Å². The van der Waals surface area contributed by atoms with E-state index in [2.05, 4.69) is 5.32 Å². The van der Waals surface area contributed by atoms with Crippen LogP contribution < -0.4 is 14.8 Å². The summed E-state index contributed by atoms with van der Waals surface area (Å²) >= 11 is 0. The topological polar surface area (TPSA) is 50.7 Å². The number of methoxy groups -OCH3 is 1. The van der Waals surface area contributed by atoms with Gasteiger partial charge in [0.15, 0.2) is 0 Å². The molecule has 0 spiro atoms. The molecule has 2 aromatic rings. The lowest BCUT2D eigenvalue weighted by atomic mass is 9.69. The number of ether oxygens (including phenoxy) is 2. The van der Waals surface area contributed by atoms with E-state index in [1.54, 1.807) is 19.2 Å². The van der Waals surface area contributed by atoms with Crippen molar-refractivity contribution in [1.29, 1.82) is 0 Å². The number of aliphatic hydroxyl groups excluding tert-OH is 1. The van der Waals surface area contributed by atoms with Gasteiger partial charge in [0, 0.05) is 18.5 Å². The number of hydrogen-bond acceptors (Lipinski definition) is 4. The van der Waals surface area contributed by atoms with E-state index in [0.29, 0.717) is 12.3 Å². The first-order valence-electron chi connectivity index (χ1n) is 10.0. The van der Waals surface area contributed by atoms with Crippen molar-refractivity contribution < 1.29 is 19.0 Å². The van der Waals surface area contributed by atoms with Gasteiger partial charge in [-0.15, -0.1) is 0 Å². The molecule has 0 bridgehead atoms. The summed E-state index contributed by atoms with van der Waals surface area (Å²) in [5.41, 5.74) is 1.20. The van der Waals surface area contributed by atoms with Crippen LogP contribution in [0.15, 0.2) is 48.5 Å². The van der Waals surface area contributed by atoms with Crippen molar-refractivity contribution in [3.05, 3.63) is 59.9 Å². The van der Waals surface area contributed by atoms with Crippen LogP contribution in [0.3, 0.4) is 0 Å². The van der Waals surface area contributed by atoms with E-state index < -0.39 is 6.10 Å². The Morgan fingerprint density at radius 1 is 1.00 bits per heavy atom. The summed E-state index contributed by atoms with van der Waals surface area (Å²) in [7, 11) is 1.62. The normalized spacial score (nSPS) is 17.1. The number of aliphatic hydroxyl groups is 1. The molecule has 1 fully saturated rings. The number of nitrogens with one attached hydrogen (secondary N) is 1. The van der Waals surface area contributed by atoms with Crippen molar-refractivity contribution in [3.63, 3.8) is 0 Å². The first-order chi connectivity index (χ1) is 13.6. The largest absolute Gasteiger partial charge is 0.497 e. The van der Waals surface area contributed by atoms with Gasteiger partial charge < -0.3 is 19.9 Å². The second kappa shape index (κ2) is 9.89. The SMILES string of the molecule is COc1ccc(OCC(O)CNCC2(c3ccc(F)cc3)CCCCC2)cc1. The fourth-order valence-corrected chi connectivity index (χ4v) is 4.00. The molecule has 4 nitrogen and oxygen atoms in total. The highest BCUT2D eigenvalue weighted by molar-refractivity contribution is 5.31. The van der Waals surface area contributed by atoms with Gasteiger partial charge in [-0.2, -0.15) is 0 Å². The third-order valence-electron chi connectivity index (χ3n) is 5.61. The lowest BCUT2D eigenvalue weighted by molar-refractivity contribution is 0.103. The van der Waals surface area contributed by atoms with Crippen molar-refractivity contribution in [1.82, 2.24) is 5.32 Å². The maximum Gasteiger partial charge on any atom is 0.123 e. The zero-order valence-corrected chi connectivity index (χ0v) is 16.5. The van der Waals surface area contributed by atoms with Crippen LogP contribution in [0.5, 0.6) is 11.5 Å². The molecule has 1 aliphatic carbocycles. The lowest BCUT2D eigenvalue weighted by Crippen LogP contribution is -2.43. The highest BCUT2D eigenvalue weighted by atomic mass is 19.1. The average molecular weight is 387 g/mol. The monoisotopic (exact) mass is 387 g/mol. The Balaban J connectivity index is 1.50. The molecule has 0 aromatic heterocycles. The second-order valence-corrected chi connectivity index (χ2v) is 7.62. The maximum absolute atomic E-state index is 13.3. The highest BCUT2D eigenvalue weighted by Gasteiger charge is 2.33. The Bertz CT molecular complexity index is 712. The number of benzene rings is 2. The minimum atomic E-state index is -0.601. The zero-order valence-electron chi connectivity index (χ0n) is 16.5. The van der Waals surface area contributed by atoms with Crippen LogP contribution >= 0.6 is 0 Å². The van der Waals surface area contributed by atoms with Gasteiger partial charge in [-0.05, 0) is 54.8 Å². The minimum absolute atomic E-state index is 0.0164.